The van der Waals surface area contributed by atoms with Gasteiger partial charge in [-0.1, -0.05) is 0 Å². The van der Waals surface area contributed by atoms with Gasteiger partial charge in [0.05, 0.1) is 0 Å². The molecule has 0 amide bonds. The molecule has 5 heteroatoms. The van der Waals surface area contributed by atoms with Crippen molar-refractivity contribution in [2.24, 2.45) is 5.92 Å². The number of aromatic amines is 1. The molecule has 2 atom stereocenters. The van der Waals surface area contributed by atoms with E-state index >= 15 is 0 Å². The van der Waals surface area contributed by atoms with E-state index < -0.39 is 0 Å². The van der Waals surface area contributed by atoms with E-state index in [-0.39, 0.29) is 17.3 Å². The third-order valence-electron chi connectivity index (χ3n) is 3.46. The predicted octanol–water partition coefficient (Wildman–Crippen LogP) is 0.833. The van der Waals surface area contributed by atoms with E-state index in [0.717, 1.165) is 25.9 Å². The van der Waals surface area contributed by atoms with Gasteiger partial charge in [0.15, 0.2) is 0 Å². The van der Waals surface area contributed by atoms with Gasteiger partial charge in [0, 0.05) is 31.5 Å². The molecule has 0 unspecified atom stereocenters. The monoisotopic (exact) mass is 238 g/mol. The summed E-state index contributed by atoms with van der Waals surface area (Å²) in [6.07, 6.45) is 4.66. The molecule has 1 aliphatic carbocycles. The topological polar surface area (TPSA) is 64.1 Å². The molecule has 0 bridgehead atoms. The Balaban J connectivity index is 2.22. The Morgan fingerprint density at radius 2 is 2.24 bits per heavy atom. The van der Waals surface area contributed by atoms with Crippen LogP contribution in [0.25, 0.3) is 0 Å². The second-order valence-electron chi connectivity index (χ2n) is 4.77. The second kappa shape index (κ2) is 4.87. The van der Waals surface area contributed by atoms with E-state index in [1.54, 1.807) is 24.8 Å². The quantitative estimate of drug-likeness (QED) is 0.848. The average molecular weight is 238 g/mol. The molecule has 2 rings (SSSR count). The van der Waals surface area contributed by atoms with Gasteiger partial charge < -0.3 is 4.74 Å². The Labute approximate surface area is 99.4 Å². The molecule has 1 N–H and O–H groups in total. The average Bonchev–Trinajstić information content (AvgIpc) is 2.72. The highest BCUT2D eigenvalue weighted by Crippen LogP contribution is 2.33. The first-order chi connectivity index (χ1) is 8.11. The number of aromatic nitrogens is 2. The van der Waals surface area contributed by atoms with Gasteiger partial charge in [0.2, 0.25) is 0 Å². The highest BCUT2D eigenvalue weighted by Gasteiger charge is 2.26. The van der Waals surface area contributed by atoms with E-state index in [9.17, 15) is 9.59 Å². The fourth-order valence-electron chi connectivity index (χ4n) is 2.55. The molecular weight excluding hydrogens is 220 g/mol. The van der Waals surface area contributed by atoms with Crippen LogP contribution in [0.1, 0.15) is 30.9 Å². The molecule has 0 spiro atoms. The number of H-pyrrole nitrogens is 1. The zero-order valence-electron chi connectivity index (χ0n) is 10.2. The van der Waals surface area contributed by atoms with Crippen LogP contribution >= 0.6 is 0 Å². The lowest BCUT2D eigenvalue weighted by Gasteiger charge is -2.14. The molecule has 0 saturated heterocycles. The largest absolute Gasteiger partial charge is 0.384 e. The zero-order valence-corrected chi connectivity index (χ0v) is 10.2. The number of aryl methyl sites for hydroxylation is 1. The summed E-state index contributed by atoms with van der Waals surface area (Å²) in [6, 6.07) is 0.193. The van der Waals surface area contributed by atoms with Crippen LogP contribution in [0.3, 0.4) is 0 Å². The number of nitrogens with one attached hydrogen (secondary N) is 1. The van der Waals surface area contributed by atoms with Crippen LogP contribution in [0.15, 0.2) is 15.8 Å². The van der Waals surface area contributed by atoms with Gasteiger partial charge in [-0.3, -0.25) is 14.3 Å². The molecule has 1 heterocycles. The molecule has 17 heavy (non-hydrogen) atoms. The molecule has 1 aromatic rings. The van der Waals surface area contributed by atoms with Gasteiger partial charge in [-0.25, -0.2) is 4.79 Å². The number of hydrogen-bond acceptors (Lipinski definition) is 3. The van der Waals surface area contributed by atoms with Gasteiger partial charge in [-0.2, -0.15) is 0 Å². The number of hydrogen-bond donors (Lipinski definition) is 1. The van der Waals surface area contributed by atoms with E-state index in [0.29, 0.717) is 11.5 Å². The van der Waals surface area contributed by atoms with Crippen molar-refractivity contribution >= 4 is 0 Å². The summed E-state index contributed by atoms with van der Waals surface area (Å²) in [5, 5.41) is 0. The van der Waals surface area contributed by atoms with E-state index in [2.05, 4.69) is 4.98 Å². The van der Waals surface area contributed by atoms with Gasteiger partial charge in [-0.15, -0.1) is 0 Å². The second-order valence-corrected chi connectivity index (χ2v) is 4.77. The predicted molar refractivity (Wildman–Crippen MR) is 64.3 cm³/mol. The van der Waals surface area contributed by atoms with Crippen LogP contribution in [0.4, 0.5) is 0 Å². The number of rotatable bonds is 3. The number of nitrogens with zero attached hydrogens (tertiary/aromatic N) is 1. The van der Waals surface area contributed by atoms with Crippen molar-refractivity contribution in [3.8, 4) is 0 Å². The SMILES string of the molecule is COC[C@@H]1CC[C@H](n2cc(C)c(=O)[nH]c2=O)C1. The van der Waals surface area contributed by atoms with Crippen LogP contribution in [0, 0.1) is 12.8 Å². The maximum absolute atomic E-state index is 11.7. The Kier molecular flexibility index (Phi) is 3.47. The highest BCUT2D eigenvalue weighted by atomic mass is 16.5. The normalized spacial score (nSPS) is 24.1. The maximum atomic E-state index is 11.7. The van der Waals surface area contributed by atoms with Crippen LogP contribution in [-0.4, -0.2) is 23.3 Å². The Morgan fingerprint density at radius 3 is 2.94 bits per heavy atom. The molecule has 1 aliphatic rings. The van der Waals surface area contributed by atoms with Crippen molar-refractivity contribution in [2.75, 3.05) is 13.7 Å². The first-order valence-electron chi connectivity index (χ1n) is 5.93. The highest BCUT2D eigenvalue weighted by molar-refractivity contribution is 5.02. The first kappa shape index (κ1) is 12.1. The number of methoxy groups -OCH3 is 1. The lowest BCUT2D eigenvalue weighted by Crippen LogP contribution is -2.32. The maximum Gasteiger partial charge on any atom is 0.328 e. The van der Waals surface area contributed by atoms with E-state index in [1.807, 2.05) is 0 Å². The van der Waals surface area contributed by atoms with Crippen molar-refractivity contribution in [1.82, 2.24) is 9.55 Å². The van der Waals surface area contributed by atoms with Crippen LogP contribution in [-0.2, 0) is 4.74 Å². The lowest BCUT2D eigenvalue weighted by atomic mass is 10.1. The van der Waals surface area contributed by atoms with Gasteiger partial charge in [0.1, 0.15) is 0 Å². The van der Waals surface area contributed by atoms with E-state index in [1.165, 1.54) is 0 Å². The molecule has 0 aliphatic heterocycles. The van der Waals surface area contributed by atoms with Crippen LogP contribution < -0.4 is 11.2 Å². The molecule has 94 valence electrons. The third kappa shape index (κ3) is 2.49. The van der Waals surface area contributed by atoms with Crippen molar-refractivity contribution < 1.29 is 4.74 Å². The molecular formula is C12H18N2O3. The Hall–Kier alpha value is -1.36. The minimum Gasteiger partial charge on any atom is -0.384 e. The minimum absolute atomic E-state index is 0.193. The standard InChI is InChI=1S/C12H18N2O3/c1-8-6-14(12(16)13-11(8)15)10-4-3-9(5-10)7-17-2/h6,9-10H,3-5,7H2,1-2H3,(H,13,15,16)/t9-,10+/m1/s1. The fourth-order valence-corrected chi connectivity index (χ4v) is 2.55. The van der Waals surface area contributed by atoms with E-state index in [4.69, 9.17) is 4.74 Å². The zero-order chi connectivity index (χ0) is 12.4. The molecule has 0 aromatic carbocycles. The summed E-state index contributed by atoms with van der Waals surface area (Å²) in [7, 11) is 1.70. The van der Waals surface area contributed by atoms with Crippen molar-refractivity contribution in [2.45, 2.75) is 32.2 Å². The van der Waals surface area contributed by atoms with Gasteiger partial charge in [0.25, 0.3) is 5.56 Å². The summed E-state index contributed by atoms with van der Waals surface area (Å²) in [5.41, 5.74) is -0.0128. The van der Waals surface area contributed by atoms with Crippen LogP contribution in [0.5, 0.6) is 0 Å². The molecule has 1 aromatic heterocycles. The third-order valence-corrected chi connectivity index (χ3v) is 3.46. The molecule has 5 nitrogen and oxygen atoms in total. The molecule has 1 saturated carbocycles. The van der Waals surface area contributed by atoms with Crippen molar-refractivity contribution in [1.29, 1.82) is 0 Å². The fraction of sp³-hybridized carbons (Fsp3) is 0.667. The summed E-state index contributed by atoms with van der Waals surface area (Å²) in [4.78, 5) is 25.4. The van der Waals surface area contributed by atoms with Crippen LogP contribution in [0.2, 0.25) is 0 Å². The smallest absolute Gasteiger partial charge is 0.328 e. The lowest BCUT2D eigenvalue weighted by molar-refractivity contribution is 0.153. The first-order valence-corrected chi connectivity index (χ1v) is 5.93. The van der Waals surface area contributed by atoms with Gasteiger partial charge >= 0.3 is 5.69 Å². The summed E-state index contributed by atoms with van der Waals surface area (Å²) < 4.78 is 6.80. The Morgan fingerprint density at radius 1 is 1.47 bits per heavy atom. The summed E-state index contributed by atoms with van der Waals surface area (Å²) in [5.74, 6) is 0.518. The molecule has 0 radical (unpaired) electrons. The number of ether oxygens (including phenoxy) is 1. The molecule has 1 fully saturated rings. The van der Waals surface area contributed by atoms with Crippen molar-refractivity contribution in [3.63, 3.8) is 0 Å². The Bertz CT molecular complexity index is 503. The minimum atomic E-state index is -0.302. The van der Waals surface area contributed by atoms with Crippen molar-refractivity contribution in [3.05, 3.63) is 32.6 Å². The van der Waals surface area contributed by atoms with Gasteiger partial charge in [-0.05, 0) is 32.1 Å². The summed E-state index contributed by atoms with van der Waals surface area (Å²) >= 11 is 0. The summed E-state index contributed by atoms with van der Waals surface area (Å²) in [6.45, 7) is 2.46.